The molecule has 0 bridgehead atoms. The molecule has 0 saturated carbocycles. The lowest BCUT2D eigenvalue weighted by molar-refractivity contribution is 0.185. The van der Waals surface area contributed by atoms with E-state index in [1.165, 1.54) is 12.1 Å². The fourth-order valence-corrected chi connectivity index (χ4v) is 3.04. The lowest BCUT2D eigenvalue weighted by atomic mass is 10.3. The first kappa shape index (κ1) is 14.4. The third-order valence-electron chi connectivity index (χ3n) is 2.03. The molecule has 0 spiro atoms. The highest BCUT2D eigenvalue weighted by molar-refractivity contribution is 9.10. The molecule has 0 aliphatic heterocycles. The van der Waals surface area contributed by atoms with Crippen LogP contribution in [0.15, 0.2) is 27.6 Å². The molecule has 1 rings (SSSR count). The molecule has 0 amide bonds. The number of anilines is 1. The van der Waals surface area contributed by atoms with Crippen LogP contribution in [0, 0.1) is 0 Å². The number of rotatable bonds is 5. The minimum atomic E-state index is -3.86. The van der Waals surface area contributed by atoms with Crippen molar-refractivity contribution in [2.45, 2.75) is 10.9 Å². The highest BCUT2D eigenvalue weighted by atomic mass is 79.9. The molecule has 1 aromatic rings. The zero-order valence-electron chi connectivity index (χ0n) is 8.80. The molecule has 0 saturated heterocycles. The molecule has 0 aliphatic rings. The molecule has 0 heterocycles. The normalized spacial score (nSPS) is 12.0. The second kappa shape index (κ2) is 5.78. The van der Waals surface area contributed by atoms with Gasteiger partial charge in [0.1, 0.15) is 4.90 Å². The van der Waals surface area contributed by atoms with Gasteiger partial charge >= 0.3 is 0 Å². The van der Waals surface area contributed by atoms with E-state index >= 15 is 0 Å². The molecule has 0 radical (unpaired) electrons. The monoisotopic (exact) mass is 324 g/mol. The van der Waals surface area contributed by atoms with Crippen molar-refractivity contribution in [3.63, 3.8) is 0 Å². The van der Waals surface area contributed by atoms with Crippen LogP contribution >= 0.6 is 15.9 Å². The number of benzene rings is 1. The second-order valence-electron chi connectivity index (χ2n) is 3.37. The zero-order valence-corrected chi connectivity index (χ0v) is 11.2. The first-order chi connectivity index (χ1) is 7.90. The maximum absolute atomic E-state index is 11.9. The van der Waals surface area contributed by atoms with Crippen LogP contribution in [0.1, 0.15) is 0 Å². The summed E-state index contributed by atoms with van der Waals surface area (Å²) >= 11 is 3.14. The molecule has 1 aromatic carbocycles. The van der Waals surface area contributed by atoms with Crippen LogP contribution in [0.3, 0.4) is 0 Å². The number of nitrogens with one attached hydrogen (secondary N) is 1. The minimum Gasteiger partial charge on any atom is -0.398 e. The van der Waals surface area contributed by atoms with Gasteiger partial charge in [0.2, 0.25) is 10.0 Å². The van der Waals surface area contributed by atoms with E-state index in [9.17, 15) is 8.42 Å². The largest absolute Gasteiger partial charge is 0.398 e. The summed E-state index contributed by atoms with van der Waals surface area (Å²) in [5.74, 6) is 0. The molecule has 5 N–H and O–H groups in total. The Morgan fingerprint density at radius 3 is 2.47 bits per heavy atom. The molecule has 0 fully saturated rings. The van der Waals surface area contributed by atoms with Crippen LogP contribution in [-0.2, 0) is 10.0 Å². The standard InChI is InChI=1S/C9H13BrN2O4S/c10-6-1-2-8(11)9(3-6)17(15,16)12-7(4-13)5-14/h1-3,7,12-14H,4-5,11H2. The van der Waals surface area contributed by atoms with Crippen LogP contribution in [0.25, 0.3) is 0 Å². The van der Waals surface area contributed by atoms with Crippen LogP contribution in [0.5, 0.6) is 0 Å². The molecule has 8 heteroatoms. The van der Waals surface area contributed by atoms with Gasteiger partial charge in [0, 0.05) is 4.47 Å². The highest BCUT2D eigenvalue weighted by Crippen LogP contribution is 2.22. The van der Waals surface area contributed by atoms with Crippen LogP contribution in [-0.4, -0.2) is 37.9 Å². The van der Waals surface area contributed by atoms with Gasteiger partial charge in [-0.2, -0.15) is 0 Å². The first-order valence-electron chi connectivity index (χ1n) is 4.69. The molecule has 0 unspecified atom stereocenters. The summed E-state index contributed by atoms with van der Waals surface area (Å²) in [4.78, 5) is -0.0984. The Morgan fingerprint density at radius 1 is 1.35 bits per heavy atom. The summed E-state index contributed by atoms with van der Waals surface area (Å²) in [6.07, 6.45) is 0. The van der Waals surface area contributed by atoms with Crippen molar-refractivity contribution in [3.05, 3.63) is 22.7 Å². The van der Waals surface area contributed by atoms with Gasteiger partial charge in [-0.3, -0.25) is 0 Å². The molecular weight excluding hydrogens is 312 g/mol. The Kier molecular flexibility index (Phi) is 4.90. The fourth-order valence-electron chi connectivity index (χ4n) is 1.16. The topological polar surface area (TPSA) is 113 Å². The van der Waals surface area contributed by atoms with Crippen molar-refractivity contribution < 1.29 is 18.6 Å². The van der Waals surface area contributed by atoms with Gasteiger partial charge in [-0.25, -0.2) is 13.1 Å². The Balaban J connectivity index is 3.09. The van der Waals surface area contributed by atoms with E-state index in [2.05, 4.69) is 20.7 Å². The van der Waals surface area contributed by atoms with Gasteiger partial charge in [-0.1, -0.05) is 15.9 Å². The van der Waals surface area contributed by atoms with Crippen molar-refractivity contribution in [2.75, 3.05) is 18.9 Å². The predicted molar refractivity (Wildman–Crippen MR) is 66.8 cm³/mol. The third-order valence-corrected chi connectivity index (χ3v) is 4.10. The van der Waals surface area contributed by atoms with Crippen molar-refractivity contribution in [1.29, 1.82) is 0 Å². The molecule has 0 aliphatic carbocycles. The van der Waals surface area contributed by atoms with Crippen LogP contribution in [0.2, 0.25) is 0 Å². The van der Waals surface area contributed by atoms with Crippen molar-refractivity contribution in [3.8, 4) is 0 Å². The minimum absolute atomic E-state index is 0.0929. The van der Waals surface area contributed by atoms with E-state index in [0.717, 1.165) is 0 Å². The highest BCUT2D eigenvalue weighted by Gasteiger charge is 2.21. The molecule has 6 nitrogen and oxygen atoms in total. The van der Waals surface area contributed by atoms with Crippen LogP contribution in [0.4, 0.5) is 5.69 Å². The van der Waals surface area contributed by atoms with E-state index in [-0.39, 0.29) is 10.6 Å². The summed E-state index contributed by atoms with van der Waals surface area (Å²) in [5.41, 5.74) is 5.66. The molecule has 0 atom stereocenters. The number of sulfonamides is 1. The number of nitrogens with two attached hydrogens (primary N) is 1. The quantitative estimate of drug-likeness (QED) is 0.554. The van der Waals surface area contributed by atoms with Gasteiger partial charge in [0.15, 0.2) is 0 Å². The van der Waals surface area contributed by atoms with Gasteiger partial charge in [-0.15, -0.1) is 0 Å². The molecule has 96 valence electrons. The average molecular weight is 325 g/mol. The Bertz CT molecular complexity index is 488. The van der Waals surface area contributed by atoms with E-state index in [0.29, 0.717) is 4.47 Å². The lowest BCUT2D eigenvalue weighted by Gasteiger charge is -2.15. The van der Waals surface area contributed by atoms with Crippen molar-refractivity contribution in [1.82, 2.24) is 4.72 Å². The van der Waals surface area contributed by atoms with E-state index in [1.807, 2.05) is 0 Å². The van der Waals surface area contributed by atoms with Gasteiger partial charge in [0.25, 0.3) is 0 Å². The number of hydrogen-bond donors (Lipinski definition) is 4. The van der Waals surface area contributed by atoms with Gasteiger partial charge < -0.3 is 15.9 Å². The smallest absolute Gasteiger partial charge is 0.243 e. The predicted octanol–water partition coefficient (Wildman–Crippen LogP) is -0.337. The maximum Gasteiger partial charge on any atom is 0.243 e. The third kappa shape index (κ3) is 3.65. The number of aliphatic hydroxyl groups excluding tert-OH is 2. The van der Waals surface area contributed by atoms with Crippen molar-refractivity contribution in [2.24, 2.45) is 0 Å². The van der Waals surface area contributed by atoms with E-state index in [4.69, 9.17) is 15.9 Å². The summed E-state index contributed by atoms with van der Waals surface area (Å²) in [6, 6.07) is 3.47. The zero-order chi connectivity index (χ0) is 13.1. The number of aliphatic hydroxyl groups is 2. The Labute approximate surface area is 108 Å². The molecular formula is C9H13BrN2O4S. The summed E-state index contributed by atoms with van der Waals surface area (Å²) in [5, 5.41) is 17.7. The summed E-state index contributed by atoms with van der Waals surface area (Å²) in [7, 11) is -3.86. The van der Waals surface area contributed by atoms with E-state index in [1.54, 1.807) is 6.07 Å². The van der Waals surface area contributed by atoms with Gasteiger partial charge in [0.05, 0.1) is 24.9 Å². The van der Waals surface area contributed by atoms with E-state index < -0.39 is 29.3 Å². The fraction of sp³-hybridized carbons (Fsp3) is 0.333. The second-order valence-corrected chi connectivity index (χ2v) is 5.96. The number of halogens is 1. The summed E-state index contributed by atoms with van der Waals surface area (Å²) < 4.78 is 26.5. The van der Waals surface area contributed by atoms with Gasteiger partial charge in [-0.05, 0) is 18.2 Å². The molecule has 0 aromatic heterocycles. The maximum atomic E-state index is 11.9. The SMILES string of the molecule is Nc1ccc(Br)cc1S(=O)(=O)NC(CO)CO. The van der Waals surface area contributed by atoms with Crippen LogP contribution < -0.4 is 10.5 Å². The lowest BCUT2D eigenvalue weighted by Crippen LogP contribution is -2.40. The van der Waals surface area contributed by atoms with Crippen molar-refractivity contribution >= 4 is 31.6 Å². The average Bonchev–Trinajstić information content (AvgIpc) is 2.29. The summed E-state index contributed by atoms with van der Waals surface area (Å²) in [6.45, 7) is -0.993. The number of hydrogen-bond acceptors (Lipinski definition) is 5. The number of nitrogen functional groups attached to an aromatic ring is 1. The Hall–Kier alpha value is -0.670. The molecule has 17 heavy (non-hydrogen) atoms. The Morgan fingerprint density at radius 2 is 1.94 bits per heavy atom. The first-order valence-corrected chi connectivity index (χ1v) is 6.97.